The molecule has 98 valence electrons. The predicted molar refractivity (Wildman–Crippen MR) is 73.3 cm³/mol. The summed E-state index contributed by atoms with van der Waals surface area (Å²) in [7, 11) is 0. The molecule has 1 aliphatic rings. The van der Waals surface area contributed by atoms with Crippen LogP contribution in [0.5, 0.6) is 0 Å². The number of amides is 1. The lowest BCUT2D eigenvalue weighted by Crippen LogP contribution is -2.65. The number of hydrogen-bond acceptors (Lipinski definition) is 3. The lowest BCUT2D eigenvalue weighted by atomic mass is 10.0. The molecule has 0 atom stereocenters. The van der Waals surface area contributed by atoms with Gasteiger partial charge in [0.25, 0.3) is 0 Å². The second-order valence-corrected chi connectivity index (χ2v) is 5.28. The van der Waals surface area contributed by atoms with Gasteiger partial charge in [-0.15, -0.1) is 0 Å². The van der Waals surface area contributed by atoms with E-state index in [1.165, 1.54) is 0 Å². The zero-order chi connectivity index (χ0) is 13.2. The largest absolute Gasteiger partial charge is 0.313 e. The number of carbonyl (C=O) groups is 1. The normalized spacial score (nSPS) is 19.5. The van der Waals surface area contributed by atoms with Gasteiger partial charge < -0.3 is 5.32 Å². The monoisotopic (exact) mass is 247 g/mol. The second kappa shape index (κ2) is 5.08. The summed E-state index contributed by atoms with van der Waals surface area (Å²) >= 11 is 0. The van der Waals surface area contributed by atoms with E-state index >= 15 is 0 Å². The molecule has 4 nitrogen and oxygen atoms in total. The molecule has 1 aromatic carbocycles. The molecule has 0 unspecified atom stereocenters. The molecule has 1 amide bonds. The van der Waals surface area contributed by atoms with Crippen molar-refractivity contribution in [3.8, 4) is 0 Å². The minimum Gasteiger partial charge on any atom is -0.313 e. The quantitative estimate of drug-likeness (QED) is 0.863. The average molecular weight is 247 g/mol. The van der Waals surface area contributed by atoms with Gasteiger partial charge in [-0.3, -0.25) is 4.79 Å². The van der Waals surface area contributed by atoms with Crippen molar-refractivity contribution in [2.24, 2.45) is 0 Å². The number of nitrogens with zero attached hydrogens (tertiary/aromatic N) is 2. The summed E-state index contributed by atoms with van der Waals surface area (Å²) in [6.45, 7) is 8.53. The number of nitrogens with one attached hydrogen (secondary N) is 1. The molecule has 1 fully saturated rings. The van der Waals surface area contributed by atoms with Crippen LogP contribution in [0.25, 0.3) is 0 Å². The average Bonchev–Trinajstić information content (AvgIpc) is 2.32. The Labute approximate surface area is 109 Å². The summed E-state index contributed by atoms with van der Waals surface area (Å²) in [6, 6.07) is 9.82. The highest BCUT2D eigenvalue weighted by Crippen LogP contribution is 2.24. The minimum absolute atomic E-state index is 0.0520. The molecule has 4 heteroatoms. The second-order valence-electron chi connectivity index (χ2n) is 5.28. The smallest absolute Gasteiger partial charge is 0.238 e. The number of carbonyl (C=O) groups excluding carboxylic acids is 1. The molecule has 1 heterocycles. The highest BCUT2D eigenvalue weighted by Gasteiger charge is 2.35. The van der Waals surface area contributed by atoms with Crippen molar-refractivity contribution in [3.05, 3.63) is 30.3 Å². The Kier molecular flexibility index (Phi) is 3.68. The Morgan fingerprint density at radius 3 is 2.56 bits per heavy atom. The van der Waals surface area contributed by atoms with E-state index in [1.807, 2.05) is 30.3 Å². The Balaban J connectivity index is 2.33. The van der Waals surface area contributed by atoms with Crippen LogP contribution in [0.3, 0.4) is 0 Å². The molecule has 1 saturated heterocycles. The molecular formula is C14H21N3O. The van der Waals surface area contributed by atoms with Crippen LogP contribution < -0.4 is 10.3 Å². The third-order valence-electron chi connectivity index (χ3n) is 3.30. The standard InChI is InChI=1S/C14H21N3O/c1-12(18)17(13-7-5-4-6-8-13)16-10-9-15-11-14(16,2)3/h4-8,15H,9-11H2,1-3H3. The zero-order valence-electron chi connectivity index (χ0n) is 11.3. The molecule has 1 aliphatic heterocycles. The van der Waals surface area contributed by atoms with Gasteiger partial charge in [0.15, 0.2) is 0 Å². The maximum atomic E-state index is 12.0. The third-order valence-corrected chi connectivity index (χ3v) is 3.30. The first kappa shape index (κ1) is 13.1. The van der Waals surface area contributed by atoms with Gasteiger partial charge in [0.2, 0.25) is 5.91 Å². The lowest BCUT2D eigenvalue weighted by molar-refractivity contribution is -0.121. The number of benzene rings is 1. The van der Waals surface area contributed by atoms with Crippen LogP contribution in [0.4, 0.5) is 5.69 Å². The Bertz CT molecular complexity index is 416. The summed E-state index contributed by atoms with van der Waals surface area (Å²) in [5, 5.41) is 7.32. The van der Waals surface area contributed by atoms with Crippen LogP contribution in [0.2, 0.25) is 0 Å². The maximum absolute atomic E-state index is 12.0. The molecule has 18 heavy (non-hydrogen) atoms. The first-order valence-corrected chi connectivity index (χ1v) is 6.36. The lowest BCUT2D eigenvalue weighted by Gasteiger charge is -2.48. The number of rotatable bonds is 2. The third kappa shape index (κ3) is 2.54. The molecule has 1 N–H and O–H groups in total. The SMILES string of the molecule is CC(=O)N(c1ccccc1)N1CCNCC1(C)C. The van der Waals surface area contributed by atoms with E-state index in [4.69, 9.17) is 0 Å². The predicted octanol–water partition coefficient (Wildman–Crippen LogP) is 1.64. The van der Waals surface area contributed by atoms with Crippen LogP contribution in [-0.2, 0) is 4.79 Å². The Morgan fingerprint density at radius 2 is 2.00 bits per heavy atom. The minimum atomic E-state index is -0.0697. The van der Waals surface area contributed by atoms with Gasteiger partial charge in [-0.25, -0.2) is 10.0 Å². The van der Waals surface area contributed by atoms with Crippen LogP contribution in [0.1, 0.15) is 20.8 Å². The fourth-order valence-corrected chi connectivity index (χ4v) is 2.40. The maximum Gasteiger partial charge on any atom is 0.238 e. The molecule has 2 rings (SSSR count). The topological polar surface area (TPSA) is 35.6 Å². The highest BCUT2D eigenvalue weighted by atomic mass is 16.2. The van der Waals surface area contributed by atoms with Gasteiger partial charge in [0.1, 0.15) is 0 Å². The van der Waals surface area contributed by atoms with Crippen molar-refractivity contribution in [1.82, 2.24) is 10.3 Å². The molecule has 0 aromatic heterocycles. The summed E-state index contributed by atoms with van der Waals surface area (Å²) < 4.78 is 0. The summed E-state index contributed by atoms with van der Waals surface area (Å²) in [5.41, 5.74) is 0.861. The van der Waals surface area contributed by atoms with Crippen molar-refractivity contribution in [2.45, 2.75) is 26.3 Å². The fourth-order valence-electron chi connectivity index (χ4n) is 2.40. The van der Waals surface area contributed by atoms with Gasteiger partial charge >= 0.3 is 0 Å². The Morgan fingerprint density at radius 1 is 1.33 bits per heavy atom. The Hall–Kier alpha value is -1.39. The van der Waals surface area contributed by atoms with Gasteiger partial charge in [0.05, 0.1) is 5.69 Å². The molecule has 0 radical (unpaired) electrons. The van der Waals surface area contributed by atoms with Gasteiger partial charge in [-0.2, -0.15) is 0 Å². The van der Waals surface area contributed by atoms with E-state index in [-0.39, 0.29) is 11.4 Å². The fraction of sp³-hybridized carbons (Fsp3) is 0.500. The molecule has 0 aliphatic carbocycles. The first-order chi connectivity index (χ1) is 8.52. The van der Waals surface area contributed by atoms with Crippen molar-refractivity contribution >= 4 is 11.6 Å². The van der Waals surface area contributed by atoms with Crippen LogP contribution in [0, 0.1) is 0 Å². The van der Waals surface area contributed by atoms with E-state index in [2.05, 4.69) is 24.2 Å². The first-order valence-electron chi connectivity index (χ1n) is 6.36. The number of hydrazine groups is 1. The highest BCUT2D eigenvalue weighted by molar-refractivity contribution is 5.90. The number of para-hydroxylation sites is 1. The van der Waals surface area contributed by atoms with Crippen molar-refractivity contribution in [2.75, 3.05) is 24.6 Å². The van der Waals surface area contributed by atoms with E-state index < -0.39 is 0 Å². The van der Waals surface area contributed by atoms with Gasteiger partial charge in [-0.05, 0) is 26.0 Å². The molecule has 0 saturated carbocycles. The van der Waals surface area contributed by atoms with Gasteiger partial charge in [-0.1, -0.05) is 18.2 Å². The summed E-state index contributed by atoms with van der Waals surface area (Å²) in [5.74, 6) is 0.0520. The number of piperazine rings is 1. The number of hydrogen-bond donors (Lipinski definition) is 1. The molecule has 0 bridgehead atoms. The van der Waals surface area contributed by atoms with Crippen molar-refractivity contribution in [3.63, 3.8) is 0 Å². The summed E-state index contributed by atoms with van der Waals surface area (Å²) in [4.78, 5) is 12.0. The zero-order valence-corrected chi connectivity index (χ0v) is 11.3. The van der Waals surface area contributed by atoms with E-state index in [1.54, 1.807) is 11.9 Å². The van der Waals surface area contributed by atoms with E-state index in [9.17, 15) is 4.79 Å². The number of anilines is 1. The van der Waals surface area contributed by atoms with Crippen LogP contribution in [0.15, 0.2) is 30.3 Å². The molecule has 0 spiro atoms. The molecule has 1 aromatic rings. The van der Waals surface area contributed by atoms with Crippen LogP contribution >= 0.6 is 0 Å². The molecular weight excluding hydrogens is 226 g/mol. The van der Waals surface area contributed by atoms with Crippen LogP contribution in [-0.4, -0.2) is 36.1 Å². The van der Waals surface area contributed by atoms with E-state index in [0.29, 0.717) is 0 Å². The van der Waals surface area contributed by atoms with Gasteiger partial charge in [0, 0.05) is 32.1 Å². The van der Waals surface area contributed by atoms with Crippen molar-refractivity contribution in [1.29, 1.82) is 0 Å². The van der Waals surface area contributed by atoms with E-state index in [0.717, 1.165) is 25.3 Å². The van der Waals surface area contributed by atoms with Crippen molar-refractivity contribution < 1.29 is 4.79 Å². The summed E-state index contributed by atoms with van der Waals surface area (Å²) in [6.07, 6.45) is 0.